The summed E-state index contributed by atoms with van der Waals surface area (Å²) in [7, 11) is 0. The van der Waals surface area contributed by atoms with Crippen molar-refractivity contribution in [2.75, 3.05) is 0 Å². The van der Waals surface area contributed by atoms with Gasteiger partial charge in [0.1, 0.15) is 0 Å². The van der Waals surface area contributed by atoms with Crippen LogP contribution in [0.3, 0.4) is 0 Å². The van der Waals surface area contributed by atoms with E-state index in [1.54, 1.807) is 0 Å². The molecule has 6 heteroatoms. The Bertz CT molecular complexity index is 448. The Morgan fingerprint density at radius 3 is 2.53 bits per heavy atom. The van der Waals surface area contributed by atoms with Gasteiger partial charge in [0.05, 0.1) is 5.69 Å². The van der Waals surface area contributed by atoms with Gasteiger partial charge in [-0.3, -0.25) is 10.1 Å². The molecule has 1 N–H and O–H groups in total. The van der Waals surface area contributed by atoms with Crippen LogP contribution >= 0.6 is 0 Å². The Morgan fingerprint density at radius 2 is 1.93 bits per heavy atom. The molecule has 0 saturated carbocycles. The minimum Gasteiger partial charge on any atom is -0.278 e. The highest BCUT2D eigenvalue weighted by molar-refractivity contribution is 5.61. The molecule has 0 radical (unpaired) electrons. The highest BCUT2D eigenvalue weighted by atomic mass is 19.4. The summed E-state index contributed by atoms with van der Waals surface area (Å²) in [5.74, 6) is 0. The molecule has 0 spiro atoms. The van der Waals surface area contributed by atoms with E-state index in [-0.39, 0.29) is 5.56 Å². The second-order valence-electron chi connectivity index (χ2n) is 2.87. The van der Waals surface area contributed by atoms with Crippen molar-refractivity contribution in [3.05, 3.63) is 36.3 Å². The predicted octanol–water partition coefficient (Wildman–Crippen LogP) is 2.49. The third-order valence-electron chi connectivity index (χ3n) is 1.87. The average molecular weight is 213 g/mol. The number of rotatable bonds is 1. The highest BCUT2D eigenvalue weighted by Gasteiger charge is 2.35. The van der Waals surface area contributed by atoms with E-state index in [9.17, 15) is 13.2 Å². The molecule has 2 aromatic heterocycles. The molecule has 2 heterocycles. The Kier molecular flexibility index (Phi) is 2.18. The van der Waals surface area contributed by atoms with Crippen molar-refractivity contribution >= 4 is 0 Å². The minimum atomic E-state index is -4.46. The molecule has 78 valence electrons. The smallest absolute Gasteiger partial charge is 0.278 e. The molecule has 0 atom stereocenters. The van der Waals surface area contributed by atoms with E-state index in [2.05, 4.69) is 15.2 Å². The van der Waals surface area contributed by atoms with Gasteiger partial charge in [0.25, 0.3) is 0 Å². The Balaban J connectivity index is 2.58. The van der Waals surface area contributed by atoms with Crippen molar-refractivity contribution in [2.45, 2.75) is 6.18 Å². The number of pyridine rings is 1. The number of H-pyrrole nitrogens is 1. The summed E-state index contributed by atoms with van der Waals surface area (Å²) in [6, 6.07) is 4.26. The van der Waals surface area contributed by atoms with Crippen LogP contribution in [0.4, 0.5) is 13.2 Å². The summed E-state index contributed by atoms with van der Waals surface area (Å²) >= 11 is 0. The molecule has 0 fully saturated rings. The zero-order valence-electron chi connectivity index (χ0n) is 7.42. The molecule has 3 nitrogen and oxygen atoms in total. The van der Waals surface area contributed by atoms with Crippen LogP contribution in [0.15, 0.2) is 30.6 Å². The third-order valence-corrected chi connectivity index (χ3v) is 1.87. The van der Waals surface area contributed by atoms with Gasteiger partial charge in [-0.25, -0.2) is 0 Å². The number of hydrogen-bond acceptors (Lipinski definition) is 2. The fourth-order valence-corrected chi connectivity index (χ4v) is 1.25. The van der Waals surface area contributed by atoms with Crippen LogP contribution < -0.4 is 0 Å². The van der Waals surface area contributed by atoms with Gasteiger partial charge in [-0.1, -0.05) is 0 Å². The highest BCUT2D eigenvalue weighted by Crippen LogP contribution is 2.34. The lowest BCUT2D eigenvalue weighted by Gasteiger charge is -2.09. The number of alkyl halides is 3. The van der Waals surface area contributed by atoms with Gasteiger partial charge in [0.2, 0.25) is 0 Å². The van der Waals surface area contributed by atoms with E-state index in [0.717, 1.165) is 6.20 Å². The molecule has 0 amide bonds. The Labute approximate surface area is 83.0 Å². The van der Waals surface area contributed by atoms with Gasteiger partial charge in [-0.15, -0.1) is 0 Å². The molecular weight excluding hydrogens is 207 g/mol. The van der Waals surface area contributed by atoms with Crippen molar-refractivity contribution in [3.8, 4) is 11.3 Å². The topological polar surface area (TPSA) is 41.6 Å². The third kappa shape index (κ3) is 1.83. The number of aromatic nitrogens is 3. The van der Waals surface area contributed by atoms with E-state index in [1.165, 1.54) is 24.4 Å². The first-order valence-electron chi connectivity index (χ1n) is 4.11. The number of halogens is 3. The Hall–Kier alpha value is -1.85. The number of nitrogens with zero attached hydrogens (tertiary/aromatic N) is 2. The van der Waals surface area contributed by atoms with Gasteiger partial charge < -0.3 is 0 Å². The standard InChI is InChI=1S/C9H6F3N3/c10-9(11,12)8-6(2-1-4-13-8)7-3-5-14-15-7/h1-5H,(H,14,15). The zero-order valence-corrected chi connectivity index (χ0v) is 7.42. The molecule has 0 bridgehead atoms. The zero-order chi connectivity index (χ0) is 10.9. The monoisotopic (exact) mass is 213 g/mol. The molecule has 2 rings (SSSR count). The Morgan fingerprint density at radius 1 is 1.13 bits per heavy atom. The van der Waals surface area contributed by atoms with Gasteiger partial charge in [-0.2, -0.15) is 18.3 Å². The largest absolute Gasteiger partial charge is 0.434 e. The first-order chi connectivity index (χ1) is 7.09. The van der Waals surface area contributed by atoms with E-state index in [0.29, 0.717) is 5.69 Å². The number of aromatic amines is 1. The summed E-state index contributed by atoms with van der Waals surface area (Å²) in [6.07, 6.45) is -1.95. The van der Waals surface area contributed by atoms with E-state index in [1.807, 2.05) is 0 Å². The normalized spacial score (nSPS) is 11.7. The first-order valence-corrected chi connectivity index (χ1v) is 4.11. The summed E-state index contributed by atoms with van der Waals surface area (Å²) < 4.78 is 37.6. The summed E-state index contributed by atoms with van der Waals surface area (Å²) in [5.41, 5.74) is -0.604. The maximum atomic E-state index is 12.5. The SMILES string of the molecule is FC(F)(F)c1ncccc1-c1ccn[nH]1. The second kappa shape index (κ2) is 3.38. The van der Waals surface area contributed by atoms with Crippen LogP contribution in [0.2, 0.25) is 0 Å². The van der Waals surface area contributed by atoms with Crippen LogP contribution in [-0.4, -0.2) is 15.2 Å². The van der Waals surface area contributed by atoms with Crippen molar-refractivity contribution < 1.29 is 13.2 Å². The summed E-state index contributed by atoms with van der Waals surface area (Å²) in [4.78, 5) is 3.33. The van der Waals surface area contributed by atoms with Gasteiger partial charge in [-0.05, 0) is 18.2 Å². The van der Waals surface area contributed by atoms with Crippen LogP contribution in [0, 0.1) is 0 Å². The van der Waals surface area contributed by atoms with Crippen LogP contribution in [0.5, 0.6) is 0 Å². The fraction of sp³-hybridized carbons (Fsp3) is 0.111. The van der Waals surface area contributed by atoms with E-state index < -0.39 is 11.9 Å². The molecule has 0 aliphatic rings. The van der Waals surface area contributed by atoms with Crippen molar-refractivity contribution in [1.82, 2.24) is 15.2 Å². The predicted molar refractivity (Wildman–Crippen MR) is 46.8 cm³/mol. The lowest BCUT2D eigenvalue weighted by atomic mass is 10.1. The average Bonchev–Trinajstić information content (AvgIpc) is 2.69. The van der Waals surface area contributed by atoms with E-state index >= 15 is 0 Å². The van der Waals surface area contributed by atoms with Crippen LogP contribution in [0.1, 0.15) is 5.69 Å². The molecule has 0 aliphatic carbocycles. The quantitative estimate of drug-likeness (QED) is 0.790. The first kappa shape index (κ1) is 9.70. The summed E-state index contributed by atoms with van der Waals surface area (Å²) in [6.45, 7) is 0. The minimum absolute atomic E-state index is 0.00231. The molecule has 0 saturated heterocycles. The van der Waals surface area contributed by atoms with Crippen molar-refractivity contribution in [3.63, 3.8) is 0 Å². The van der Waals surface area contributed by atoms with Gasteiger partial charge in [0.15, 0.2) is 5.69 Å². The summed E-state index contributed by atoms with van der Waals surface area (Å²) in [5, 5.41) is 6.08. The van der Waals surface area contributed by atoms with Crippen molar-refractivity contribution in [1.29, 1.82) is 0 Å². The number of nitrogens with one attached hydrogen (secondary N) is 1. The fourth-order valence-electron chi connectivity index (χ4n) is 1.25. The van der Waals surface area contributed by atoms with Crippen molar-refractivity contribution in [2.24, 2.45) is 0 Å². The molecule has 2 aromatic rings. The van der Waals surface area contributed by atoms with Crippen LogP contribution in [0.25, 0.3) is 11.3 Å². The lowest BCUT2D eigenvalue weighted by molar-refractivity contribution is -0.140. The van der Waals surface area contributed by atoms with Gasteiger partial charge >= 0.3 is 6.18 Å². The molecule has 0 aliphatic heterocycles. The van der Waals surface area contributed by atoms with Crippen LogP contribution in [-0.2, 0) is 6.18 Å². The molecular formula is C9H6F3N3. The number of hydrogen-bond donors (Lipinski definition) is 1. The maximum absolute atomic E-state index is 12.5. The maximum Gasteiger partial charge on any atom is 0.434 e. The molecule has 0 aromatic carbocycles. The van der Waals surface area contributed by atoms with E-state index in [4.69, 9.17) is 0 Å². The van der Waals surface area contributed by atoms with Gasteiger partial charge in [0, 0.05) is 18.0 Å². The molecule has 0 unspecified atom stereocenters. The second-order valence-corrected chi connectivity index (χ2v) is 2.87. The lowest BCUT2D eigenvalue weighted by Crippen LogP contribution is -2.09. The molecule has 15 heavy (non-hydrogen) atoms.